The van der Waals surface area contributed by atoms with E-state index in [0.29, 0.717) is 43.4 Å². The summed E-state index contributed by atoms with van der Waals surface area (Å²) in [5.74, 6) is 1.02. The summed E-state index contributed by atoms with van der Waals surface area (Å²) in [4.78, 5) is 12.6. The summed E-state index contributed by atoms with van der Waals surface area (Å²) < 4.78 is 32.1. The smallest absolute Gasteiger partial charge is 0.269 e. The zero-order chi connectivity index (χ0) is 20.4. The molecule has 0 unspecified atom stereocenters. The highest BCUT2D eigenvalue weighted by Gasteiger charge is 2.39. The molecule has 1 aliphatic heterocycles. The molecule has 0 radical (unpaired) electrons. The van der Waals surface area contributed by atoms with Crippen LogP contribution in [0, 0.1) is 11.8 Å². The fourth-order valence-electron chi connectivity index (χ4n) is 4.55. The van der Waals surface area contributed by atoms with E-state index in [4.69, 9.17) is 17.0 Å². The molecule has 1 aromatic carbocycles. The van der Waals surface area contributed by atoms with Gasteiger partial charge in [0.2, 0.25) is 10.0 Å². The molecule has 10 heteroatoms. The standard InChI is InChI=1S/C19H26N4O4S2/c24-18(21-22-19(28)20-17-11-13-4-5-14(17)10-13)15-2-1-3-16(12-15)29(25,26)23-6-8-27-9-7-23/h1-3,12-14,17H,4-11H2,(H,21,24)(H2,20,22,28)/t13-,14-,17+/m0/s1. The summed E-state index contributed by atoms with van der Waals surface area (Å²) in [7, 11) is -3.66. The molecule has 3 N–H and O–H groups in total. The number of nitrogens with one attached hydrogen (secondary N) is 3. The van der Waals surface area contributed by atoms with Gasteiger partial charge >= 0.3 is 0 Å². The molecule has 1 heterocycles. The van der Waals surface area contributed by atoms with Gasteiger partial charge in [-0.3, -0.25) is 15.6 Å². The summed E-state index contributed by atoms with van der Waals surface area (Å²) in [6.45, 7) is 1.36. The van der Waals surface area contributed by atoms with Gasteiger partial charge in [-0.15, -0.1) is 0 Å². The Morgan fingerprint density at radius 2 is 1.93 bits per heavy atom. The van der Waals surface area contributed by atoms with Crippen molar-refractivity contribution in [1.82, 2.24) is 20.5 Å². The molecular formula is C19H26N4O4S2. The number of benzene rings is 1. The van der Waals surface area contributed by atoms with E-state index in [0.717, 1.165) is 12.3 Å². The first-order valence-corrected chi connectivity index (χ1v) is 11.8. The second kappa shape index (κ2) is 8.55. The van der Waals surface area contributed by atoms with Crippen LogP contribution in [0.4, 0.5) is 0 Å². The van der Waals surface area contributed by atoms with Crippen molar-refractivity contribution < 1.29 is 17.9 Å². The quantitative estimate of drug-likeness (QED) is 0.476. The number of nitrogens with zero attached hydrogens (tertiary/aromatic N) is 1. The fourth-order valence-corrected chi connectivity index (χ4v) is 6.20. The van der Waals surface area contributed by atoms with Crippen LogP contribution in [0.5, 0.6) is 0 Å². The SMILES string of the molecule is O=C(NNC(=S)N[C@@H]1C[C@H]2CC[C@H]1C2)c1cccc(S(=O)(=O)N2CCOCC2)c1. The number of hydrogen-bond acceptors (Lipinski definition) is 5. The lowest BCUT2D eigenvalue weighted by Gasteiger charge is -2.26. The third kappa shape index (κ3) is 4.55. The van der Waals surface area contributed by atoms with Crippen LogP contribution >= 0.6 is 12.2 Å². The molecule has 1 aromatic rings. The lowest BCUT2D eigenvalue weighted by molar-refractivity contribution is 0.0730. The second-order valence-corrected chi connectivity index (χ2v) is 10.2. The van der Waals surface area contributed by atoms with Crippen LogP contribution in [0.3, 0.4) is 0 Å². The zero-order valence-corrected chi connectivity index (χ0v) is 17.7. The summed E-state index contributed by atoms with van der Waals surface area (Å²) in [6, 6.07) is 6.38. The molecule has 3 fully saturated rings. The van der Waals surface area contributed by atoms with Crippen LogP contribution < -0.4 is 16.2 Å². The molecule has 0 spiro atoms. The van der Waals surface area contributed by atoms with Gasteiger partial charge in [0.1, 0.15) is 0 Å². The number of carbonyl (C=O) groups excluding carboxylic acids is 1. The Hall–Kier alpha value is -1.75. The van der Waals surface area contributed by atoms with E-state index in [1.807, 2.05) is 0 Å². The topological polar surface area (TPSA) is 99.8 Å². The minimum Gasteiger partial charge on any atom is -0.379 e. The van der Waals surface area contributed by atoms with Gasteiger partial charge in [0, 0.05) is 24.7 Å². The number of amides is 1. The van der Waals surface area contributed by atoms with Gasteiger partial charge in [-0.05, 0) is 61.5 Å². The van der Waals surface area contributed by atoms with Gasteiger partial charge in [0.05, 0.1) is 18.1 Å². The Labute approximate surface area is 176 Å². The fraction of sp³-hybridized carbons (Fsp3) is 0.579. The van der Waals surface area contributed by atoms with Crippen LogP contribution in [-0.2, 0) is 14.8 Å². The molecule has 29 heavy (non-hydrogen) atoms. The molecule has 1 amide bonds. The second-order valence-electron chi connectivity index (χ2n) is 7.88. The molecule has 3 aliphatic rings. The summed E-state index contributed by atoms with van der Waals surface area (Å²) in [5.41, 5.74) is 5.53. The van der Waals surface area contributed by atoms with Crippen LogP contribution in [0.15, 0.2) is 29.2 Å². The van der Waals surface area contributed by atoms with Gasteiger partial charge in [0.15, 0.2) is 5.11 Å². The van der Waals surface area contributed by atoms with Crippen LogP contribution in [0.1, 0.15) is 36.0 Å². The maximum absolute atomic E-state index is 12.8. The zero-order valence-electron chi connectivity index (χ0n) is 16.1. The van der Waals surface area contributed by atoms with Crippen molar-refractivity contribution in [3.8, 4) is 0 Å². The number of hydrogen-bond donors (Lipinski definition) is 3. The number of thiocarbonyl (C=S) groups is 1. The first kappa shape index (κ1) is 20.5. The van der Waals surface area contributed by atoms with Gasteiger partial charge in [0.25, 0.3) is 5.91 Å². The van der Waals surface area contributed by atoms with Gasteiger partial charge in [-0.2, -0.15) is 4.31 Å². The van der Waals surface area contributed by atoms with Crippen molar-refractivity contribution in [3.05, 3.63) is 29.8 Å². The first-order chi connectivity index (χ1) is 13.9. The number of morpholine rings is 1. The Kier molecular flexibility index (Phi) is 6.05. The minimum absolute atomic E-state index is 0.0923. The van der Waals surface area contributed by atoms with E-state index in [1.54, 1.807) is 12.1 Å². The third-order valence-corrected chi connectivity index (χ3v) is 8.16. The lowest BCUT2D eigenvalue weighted by atomic mass is 9.96. The van der Waals surface area contributed by atoms with Crippen molar-refractivity contribution in [1.29, 1.82) is 0 Å². The number of fused-ring (bicyclic) bond motifs is 2. The maximum Gasteiger partial charge on any atom is 0.269 e. The van der Waals surface area contributed by atoms with Crippen molar-refractivity contribution in [3.63, 3.8) is 0 Å². The molecule has 4 rings (SSSR count). The molecule has 2 saturated carbocycles. The van der Waals surface area contributed by atoms with Gasteiger partial charge in [-0.1, -0.05) is 12.5 Å². The minimum atomic E-state index is -3.66. The number of rotatable bonds is 4. The Bertz CT molecular complexity index is 886. The van der Waals surface area contributed by atoms with Crippen molar-refractivity contribution in [2.75, 3.05) is 26.3 Å². The van der Waals surface area contributed by atoms with E-state index in [9.17, 15) is 13.2 Å². The van der Waals surface area contributed by atoms with Gasteiger partial charge in [-0.25, -0.2) is 8.42 Å². The predicted octanol–water partition coefficient (Wildman–Crippen LogP) is 1.00. The molecule has 158 valence electrons. The molecule has 8 nitrogen and oxygen atoms in total. The highest BCUT2D eigenvalue weighted by atomic mass is 32.2. The average Bonchev–Trinajstić information content (AvgIpc) is 3.36. The van der Waals surface area contributed by atoms with E-state index < -0.39 is 15.9 Å². The number of hydrazine groups is 1. The van der Waals surface area contributed by atoms with Crippen LogP contribution in [0.25, 0.3) is 0 Å². The molecular weight excluding hydrogens is 412 g/mol. The average molecular weight is 439 g/mol. The van der Waals surface area contributed by atoms with E-state index in [2.05, 4.69) is 16.2 Å². The largest absolute Gasteiger partial charge is 0.379 e. The highest BCUT2D eigenvalue weighted by Crippen LogP contribution is 2.44. The highest BCUT2D eigenvalue weighted by molar-refractivity contribution is 7.89. The Balaban J connectivity index is 1.34. The number of ether oxygens (including phenoxy) is 1. The van der Waals surface area contributed by atoms with Crippen molar-refractivity contribution in [2.45, 2.75) is 36.6 Å². The monoisotopic (exact) mass is 438 g/mol. The summed E-state index contributed by atoms with van der Waals surface area (Å²) in [5, 5.41) is 3.67. The number of carbonyl (C=O) groups is 1. The molecule has 3 atom stereocenters. The van der Waals surface area contributed by atoms with Crippen LogP contribution in [0.2, 0.25) is 0 Å². The van der Waals surface area contributed by atoms with Crippen molar-refractivity contribution >= 4 is 33.3 Å². The predicted molar refractivity (Wildman–Crippen MR) is 112 cm³/mol. The summed E-state index contributed by atoms with van der Waals surface area (Å²) >= 11 is 5.29. The van der Waals surface area contributed by atoms with E-state index in [-0.39, 0.29) is 10.5 Å². The molecule has 2 aliphatic carbocycles. The normalized spacial score (nSPS) is 26.8. The van der Waals surface area contributed by atoms with E-state index >= 15 is 0 Å². The first-order valence-electron chi connectivity index (χ1n) is 9.98. The maximum atomic E-state index is 12.8. The van der Waals surface area contributed by atoms with Crippen LogP contribution in [-0.4, -0.2) is 56.1 Å². The Morgan fingerprint density at radius 3 is 2.62 bits per heavy atom. The summed E-state index contributed by atoms with van der Waals surface area (Å²) in [6.07, 6.45) is 4.93. The molecule has 1 saturated heterocycles. The third-order valence-electron chi connectivity index (χ3n) is 6.05. The lowest BCUT2D eigenvalue weighted by Crippen LogP contribution is -2.50. The Morgan fingerprint density at radius 1 is 1.14 bits per heavy atom. The molecule has 0 aromatic heterocycles. The van der Waals surface area contributed by atoms with E-state index in [1.165, 1.54) is 35.7 Å². The number of sulfonamides is 1. The van der Waals surface area contributed by atoms with Crippen molar-refractivity contribution in [2.24, 2.45) is 11.8 Å². The molecule has 2 bridgehead atoms. The van der Waals surface area contributed by atoms with Gasteiger partial charge < -0.3 is 10.1 Å².